The zero-order chi connectivity index (χ0) is 14.5. The molecule has 1 aromatic rings. The summed E-state index contributed by atoms with van der Waals surface area (Å²) in [6.45, 7) is 2.25. The lowest BCUT2D eigenvalue weighted by Crippen LogP contribution is -2.41. The maximum atomic E-state index is 11.0. The van der Waals surface area contributed by atoms with Crippen LogP contribution < -0.4 is 5.32 Å². The van der Waals surface area contributed by atoms with Crippen LogP contribution in [0.5, 0.6) is 0 Å². The summed E-state index contributed by atoms with van der Waals surface area (Å²) in [5.74, 6) is 1.47. The van der Waals surface area contributed by atoms with Crippen molar-refractivity contribution in [3.8, 4) is 0 Å². The minimum atomic E-state index is -1.02. The van der Waals surface area contributed by atoms with Crippen LogP contribution in [0.3, 0.4) is 0 Å². The lowest BCUT2D eigenvalue weighted by atomic mass is 10.2. The van der Waals surface area contributed by atoms with E-state index in [2.05, 4.69) is 20.1 Å². The molecule has 0 saturated carbocycles. The molecule has 0 saturated heterocycles. The van der Waals surface area contributed by atoms with E-state index in [1.807, 2.05) is 0 Å². The summed E-state index contributed by atoms with van der Waals surface area (Å²) >= 11 is 1.44. The Hall–Kier alpha value is -1.57. The molecule has 110 valence electrons. The second-order valence-electron chi connectivity index (χ2n) is 4.75. The van der Waals surface area contributed by atoms with E-state index < -0.39 is 12.0 Å². The van der Waals surface area contributed by atoms with Crippen LogP contribution in [0.4, 0.5) is 0 Å². The number of aromatic nitrogens is 3. The Kier molecular flexibility index (Phi) is 4.99. The van der Waals surface area contributed by atoms with E-state index in [9.17, 15) is 9.59 Å². The molecular weight excluding hydrogens is 280 g/mol. The lowest BCUT2D eigenvalue weighted by molar-refractivity contribution is -0.140. The third kappa shape index (κ3) is 3.72. The van der Waals surface area contributed by atoms with Crippen molar-refractivity contribution < 1.29 is 14.7 Å². The third-order valence-corrected chi connectivity index (χ3v) is 4.16. The number of aryl methyl sites for hydroxylation is 1. The molecule has 1 aromatic heterocycles. The van der Waals surface area contributed by atoms with Crippen LogP contribution in [-0.4, -0.2) is 43.5 Å². The number of thioether (sulfide) groups is 1. The maximum absolute atomic E-state index is 11.0. The largest absolute Gasteiger partial charge is 0.480 e. The lowest BCUT2D eigenvalue weighted by Gasteiger charge is -2.15. The number of rotatable bonds is 6. The first kappa shape index (κ1) is 14.8. The van der Waals surface area contributed by atoms with E-state index in [0.717, 1.165) is 37.5 Å². The van der Waals surface area contributed by atoms with Crippen LogP contribution in [0.1, 0.15) is 31.4 Å². The summed E-state index contributed by atoms with van der Waals surface area (Å²) in [7, 11) is 0. The minimum Gasteiger partial charge on any atom is -0.480 e. The number of fused-ring (bicyclic) bond motifs is 1. The molecule has 8 heteroatoms. The summed E-state index contributed by atoms with van der Waals surface area (Å²) in [6, 6.07) is -0.860. The van der Waals surface area contributed by atoms with Gasteiger partial charge in [0.1, 0.15) is 17.7 Å². The number of carbonyl (C=O) groups excluding carboxylic acids is 1. The Balaban J connectivity index is 1.87. The first-order chi connectivity index (χ1) is 9.58. The van der Waals surface area contributed by atoms with Gasteiger partial charge in [-0.15, -0.1) is 10.2 Å². The van der Waals surface area contributed by atoms with Gasteiger partial charge in [-0.25, -0.2) is 4.79 Å². The third-order valence-electron chi connectivity index (χ3n) is 3.13. The summed E-state index contributed by atoms with van der Waals surface area (Å²) < 4.78 is 2.12. The van der Waals surface area contributed by atoms with Crippen molar-refractivity contribution in [1.82, 2.24) is 20.1 Å². The monoisotopic (exact) mass is 298 g/mol. The number of nitrogens with one attached hydrogen (secondary N) is 1. The zero-order valence-electron chi connectivity index (χ0n) is 11.3. The van der Waals surface area contributed by atoms with E-state index in [0.29, 0.717) is 11.5 Å². The summed E-state index contributed by atoms with van der Waals surface area (Å²) in [5, 5.41) is 19.7. The van der Waals surface area contributed by atoms with E-state index >= 15 is 0 Å². The fourth-order valence-electron chi connectivity index (χ4n) is 2.16. The van der Waals surface area contributed by atoms with Crippen LogP contribution in [0.15, 0.2) is 0 Å². The van der Waals surface area contributed by atoms with Gasteiger partial charge in [0.2, 0.25) is 5.91 Å². The smallest absolute Gasteiger partial charge is 0.327 e. The van der Waals surface area contributed by atoms with Gasteiger partial charge in [0.15, 0.2) is 0 Å². The molecule has 1 aliphatic rings. The highest BCUT2D eigenvalue weighted by molar-refractivity contribution is 7.98. The Labute approximate surface area is 121 Å². The molecule has 2 heterocycles. The highest BCUT2D eigenvalue weighted by atomic mass is 32.2. The summed E-state index contributed by atoms with van der Waals surface area (Å²) in [6.07, 6.45) is 3.24. The van der Waals surface area contributed by atoms with E-state index in [1.54, 1.807) is 0 Å². The molecule has 7 nitrogen and oxygen atoms in total. The molecule has 0 radical (unpaired) electrons. The van der Waals surface area contributed by atoms with E-state index in [-0.39, 0.29) is 5.91 Å². The fourth-order valence-corrected chi connectivity index (χ4v) is 3.14. The minimum absolute atomic E-state index is 0.317. The molecule has 0 bridgehead atoms. The SMILES string of the molecule is CC(=O)N[C@@H](CSCc1nnc2n1CCCC2)C(=O)O. The van der Waals surface area contributed by atoms with Crippen molar-refractivity contribution in [1.29, 1.82) is 0 Å². The molecule has 0 aromatic carbocycles. The molecule has 1 aliphatic heterocycles. The van der Waals surface area contributed by atoms with Crippen LogP contribution >= 0.6 is 11.8 Å². The molecule has 2 rings (SSSR count). The van der Waals surface area contributed by atoms with Crippen molar-refractivity contribution in [2.24, 2.45) is 0 Å². The summed E-state index contributed by atoms with van der Waals surface area (Å²) in [5.41, 5.74) is 0. The molecule has 0 aliphatic carbocycles. The van der Waals surface area contributed by atoms with Crippen molar-refractivity contribution in [3.63, 3.8) is 0 Å². The van der Waals surface area contributed by atoms with Crippen molar-refractivity contribution in [3.05, 3.63) is 11.6 Å². The van der Waals surface area contributed by atoms with Crippen molar-refractivity contribution >= 4 is 23.6 Å². The predicted octanol–water partition coefficient (Wildman–Crippen LogP) is 0.437. The maximum Gasteiger partial charge on any atom is 0.327 e. The van der Waals surface area contributed by atoms with Crippen molar-refractivity contribution in [2.45, 2.75) is 44.5 Å². The number of amides is 1. The van der Waals surface area contributed by atoms with E-state index in [1.165, 1.54) is 18.7 Å². The van der Waals surface area contributed by atoms with Crippen LogP contribution in [0.25, 0.3) is 0 Å². The van der Waals surface area contributed by atoms with Gasteiger partial charge >= 0.3 is 5.97 Å². The van der Waals surface area contributed by atoms with Crippen LogP contribution in [0, 0.1) is 0 Å². The molecule has 0 fully saturated rings. The molecular formula is C12H18N4O3S. The predicted molar refractivity (Wildman–Crippen MR) is 74.4 cm³/mol. The van der Waals surface area contributed by atoms with Crippen LogP contribution in [-0.2, 0) is 28.3 Å². The molecule has 2 N–H and O–H groups in total. The first-order valence-corrected chi connectivity index (χ1v) is 7.72. The Bertz CT molecular complexity index is 503. The Morgan fingerprint density at radius 3 is 2.95 bits per heavy atom. The van der Waals surface area contributed by atoms with Gasteiger partial charge in [0.25, 0.3) is 0 Å². The van der Waals surface area contributed by atoms with Crippen molar-refractivity contribution in [2.75, 3.05) is 5.75 Å². The molecule has 0 unspecified atom stereocenters. The highest BCUT2D eigenvalue weighted by Crippen LogP contribution is 2.18. The normalized spacial score (nSPS) is 15.4. The topological polar surface area (TPSA) is 97.1 Å². The molecule has 1 atom stereocenters. The standard InChI is InChI=1S/C12H18N4O3S/c1-8(17)13-9(12(18)19)6-20-7-11-15-14-10-4-2-3-5-16(10)11/h9H,2-7H2,1H3,(H,13,17)(H,18,19)/t9-/m0/s1. The fraction of sp³-hybridized carbons (Fsp3) is 0.667. The van der Waals surface area contributed by atoms with Gasteiger partial charge in [-0.3, -0.25) is 4.79 Å². The Morgan fingerprint density at radius 2 is 2.25 bits per heavy atom. The number of carboxylic acids is 1. The second-order valence-corrected chi connectivity index (χ2v) is 5.78. The van der Waals surface area contributed by atoms with Gasteiger partial charge in [-0.2, -0.15) is 11.8 Å². The molecule has 0 spiro atoms. The van der Waals surface area contributed by atoms with E-state index in [4.69, 9.17) is 5.11 Å². The number of aliphatic carboxylic acids is 1. The summed E-state index contributed by atoms with van der Waals surface area (Å²) in [4.78, 5) is 21.9. The highest BCUT2D eigenvalue weighted by Gasteiger charge is 2.20. The number of hydrogen-bond acceptors (Lipinski definition) is 5. The van der Waals surface area contributed by atoms with Gasteiger partial charge in [-0.05, 0) is 12.8 Å². The van der Waals surface area contributed by atoms with Gasteiger partial charge in [-0.1, -0.05) is 0 Å². The number of hydrogen-bond donors (Lipinski definition) is 2. The quantitative estimate of drug-likeness (QED) is 0.791. The second kappa shape index (κ2) is 6.74. The van der Waals surface area contributed by atoms with Crippen LogP contribution in [0.2, 0.25) is 0 Å². The zero-order valence-corrected chi connectivity index (χ0v) is 12.2. The molecule has 1 amide bonds. The average Bonchev–Trinajstić information content (AvgIpc) is 2.80. The number of carboxylic acid groups (broad SMARTS) is 1. The first-order valence-electron chi connectivity index (χ1n) is 6.56. The number of carbonyl (C=O) groups is 2. The molecule has 20 heavy (non-hydrogen) atoms. The average molecular weight is 298 g/mol. The van der Waals surface area contributed by atoms with Gasteiger partial charge in [0.05, 0.1) is 5.75 Å². The van der Waals surface area contributed by atoms with Gasteiger partial charge in [0, 0.05) is 25.6 Å². The number of nitrogens with zero attached hydrogens (tertiary/aromatic N) is 3. The van der Waals surface area contributed by atoms with Gasteiger partial charge < -0.3 is 15.0 Å². The Morgan fingerprint density at radius 1 is 1.45 bits per heavy atom.